The van der Waals surface area contributed by atoms with Crippen LogP contribution in [0.5, 0.6) is 5.75 Å². The highest BCUT2D eigenvalue weighted by molar-refractivity contribution is 5.96. The quantitative estimate of drug-likeness (QED) is 0.512. The fourth-order valence-electron chi connectivity index (χ4n) is 4.54. The van der Waals surface area contributed by atoms with E-state index in [4.69, 9.17) is 4.74 Å². The highest BCUT2D eigenvalue weighted by Crippen LogP contribution is 2.38. The molecule has 2 aliphatic heterocycles. The number of amides is 1. The number of fused-ring (bicyclic) bond motifs is 4. The summed E-state index contributed by atoms with van der Waals surface area (Å²) in [6, 6.07) is 4.88. The van der Waals surface area contributed by atoms with E-state index in [2.05, 4.69) is 19.9 Å². The lowest BCUT2D eigenvalue weighted by atomic mass is 9.97. The molecule has 0 saturated carbocycles. The van der Waals surface area contributed by atoms with E-state index in [-0.39, 0.29) is 42.3 Å². The lowest BCUT2D eigenvalue weighted by molar-refractivity contribution is -0.138. The second-order valence-electron chi connectivity index (χ2n) is 8.14. The fourth-order valence-corrected chi connectivity index (χ4v) is 4.54. The number of carbonyl (C=O) groups is 1. The summed E-state index contributed by atoms with van der Waals surface area (Å²) < 4.78 is 77.2. The van der Waals surface area contributed by atoms with Gasteiger partial charge in [0.1, 0.15) is 17.5 Å². The Labute approximate surface area is 195 Å². The van der Waals surface area contributed by atoms with Gasteiger partial charge in [0.15, 0.2) is 11.6 Å². The molecule has 184 valence electrons. The molecule has 1 fully saturated rings. The lowest BCUT2D eigenvalue weighted by Gasteiger charge is -2.45. The van der Waals surface area contributed by atoms with Crippen molar-refractivity contribution < 1.29 is 36.2 Å². The van der Waals surface area contributed by atoms with Gasteiger partial charge in [0, 0.05) is 24.4 Å². The Morgan fingerprint density at radius 2 is 2.00 bits per heavy atom. The van der Waals surface area contributed by atoms with Crippen LogP contribution in [0.4, 0.5) is 22.0 Å². The molecule has 2 atom stereocenters. The first-order chi connectivity index (χ1) is 16.6. The molecule has 0 N–H and O–H groups in total. The fraction of sp³-hybridized carbons (Fsp3) is 0.364. The van der Waals surface area contributed by atoms with Crippen molar-refractivity contribution in [2.75, 3.05) is 13.2 Å². The third kappa shape index (κ3) is 4.09. The molecule has 5 rings (SSSR count). The molecule has 13 heteroatoms. The summed E-state index contributed by atoms with van der Waals surface area (Å²) >= 11 is 0. The van der Waals surface area contributed by atoms with Gasteiger partial charge in [0.2, 0.25) is 0 Å². The number of alkyl halides is 5. The molecule has 2 bridgehead atoms. The van der Waals surface area contributed by atoms with E-state index in [1.54, 1.807) is 4.57 Å². The molecule has 0 unspecified atom stereocenters. The highest BCUT2D eigenvalue weighted by Gasteiger charge is 2.45. The predicted molar refractivity (Wildman–Crippen MR) is 110 cm³/mol. The van der Waals surface area contributed by atoms with E-state index < -0.39 is 36.3 Å². The number of hydrogen-bond donors (Lipinski definition) is 0. The van der Waals surface area contributed by atoms with E-state index in [9.17, 15) is 26.7 Å². The van der Waals surface area contributed by atoms with Crippen molar-refractivity contribution in [3.05, 3.63) is 59.0 Å². The second-order valence-corrected chi connectivity index (χ2v) is 8.14. The van der Waals surface area contributed by atoms with E-state index >= 15 is 0 Å². The van der Waals surface area contributed by atoms with Crippen LogP contribution in [0.1, 0.15) is 33.4 Å². The standard InChI is InChI=1S/C22H18F5N5O3/c1-11-14(3-2-4-15(11)22(25,26)27)20(33)32-12-8-31-18(29-30-19(31)17(32)10-34-9-12)16-7-13(5-6-28-16)35-21(23)24/h2-7,12,17,21H,8-10H2,1H3/t12-,17-/m1/s1. The maximum atomic E-state index is 13.5. The predicted octanol–water partition coefficient (Wildman–Crippen LogP) is 3.86. The molecule has 1 saturated heterocycles. The van der Waals surface area contributed by atoms with Gasteiger partial charge in [-0.25, -0.2) is 0 Å². The molecule has 0 aliphatic carbocycles. The van der Waals surface area contributed by atoms with Gasteiger partial charge in [-0.2, -0.15) is 22.0 Å². The summed E-state index contributed by atoms with van der Waals surface area (Å²) in [6.07, 6.45) is -3.29. The van der Waals surface area contributed by atoms with Crippen molar-refractivity contribution in [3.63, 3.8) is 0 Å². The summed E-state index contributed by atoms with van der Waals surface area (Å²) in [5.41, 5.74) is -0.834. The minimum absolute atomic E-state index is 0.0524. The molecule has 4 heterocycles. The van der Waals surface area contributed by atoms with Crippen molar-refractivity contribution >= 4 is 5.91 Å². The van der Waals surface area contributed by atoms with Gasteiger partial charge < -0.3 is 18.9 Å². The number of carbonyl (C=O) groups excluding carboxylic acids is 1. The molecule has 0 spiro atoms. The van der Waals surface area contributed by atoms with Crippen LogP contribution in [-0.2, 0) is 17.5 Å². The van der Waals surface area contributed by atoms with Crippen LogP contribution in [0, 0.1) is 6.92 Å². The second kappa shape index (κ2) is 8.56. The summed E-state index contributed by atoms with van der Waals surface area (Å²) in [5.74, 6) is -0.0125. The van der Waals surface area contributed by atoms with E-state index in [1.165, 1.54) is 42.3 Å². The Balaban J connectivity index is 1.51. The number of rotatable bonds is 4. The average molecular weight is 495 g/mol. The summed E-state index contributed by atoms with van der Waals surface area (Å²) in [4.78, 5) is 19.2. The number of pyridine rings is 1. The molecule has 35 heavy (non-hydrogen) atoms. The van der Waals surface area contributed by atoms with Gasteiger partial charge in [-0.05, 0) is 30.7 Å². The number of ether oxygens (including phenoxy) is 2. The number of aromatic nitrogens is 4. The number of nitrogens with zero attached hydrogens (tertiary/aromatic N) is 5. The van der Waals surface area contributed by atoms with Crippen LogP contribution in [0.25, 0.3) is 11.5 Å². The van der Waals surface area contributed by atoms with Crippen molar-refractivity contribution in [3.8, 4) is 17.3 Å². The molecule has 0 radical (unpaired) electrons. The third-order valence-electron chi connectivity index (χ3n) is 6.08. The normalized spacial score (nSPS) is 19.6. The van der Waals surface area contributed by atoms with Gasteiger partial charge in [0.25, 0.3) is 5.91 Å². The van der Waals surface area contributed by atoms with E-state index in [0.29, 0.717) is 11.6 Å². The zero-order valence-electron chi connectivity index (χ0n) is 18.2. The smallest absolute Gasteiger partial charge is 0.416 e. The summed E-state index contributed by atoms with van der Waals surface area (Å²) in [6.45, 7) is -1.33. The SMILES string of the molecule is Cc1c(C(=O)N2[C@H]3COC[C@@H]2c2nnc(-c4cc(OC(F)F)ccn4)n2C3)cccc1C(F)(F)F. The first-order valence-corrected chi connectivity index (χ1v) is 10.6. The molecule has 3 aromatic rings. The third-order valence-corrected chi connectivity index (χ3v) is 6.08. The maximum Gasteiger partial charge on any atom is 0.416 e. The van der Waals surface area contributed by atoms with E-state index in [0.717, 1.165) is 6.07 Å². The Hall–Kier alpha value is -3.61. The number of hydrogen-bond acceptors (Lipinski definition) is 6. The minimum atomic E-state index is -4.59. The average Bonchev–Trinajstić information content (AvgIpc) is 3.21. The number of halogens is 5. The van der Waals surface area contributed by atoms with Gasteiger partial charge in [0.05, 0.1) is 24.8 Å². The summed E-state index contributed by atoms with van der Waals surface area (Å²) in [7, 11) is 0. The number of morpholine rings is 1. The Bertz CT molecular complexity index is 1280. The van der Waals surface area contributed by atoms with Gasteiger partial charge in [-0.1, -0.05) is 6.07 Å². The zero-order valence-corrected chi connectivity index (χ0v) is 18.2. The molecular formula is C22H18F5N5O3. The molecule has 2 aromatic heterocycles. The Morgan fingerprint density at radius 1 is 1.20 bits per heavy atom. The van der Waals surface area contributed by atoms with Crippen LogP contribution in [0.15, 0.2) is 36.5 Å². The Morgan fingerprint density at radius 3 is 2.74 bits per heavy atom. The van der Waals surface area contributed by atoms with E-state index in [1.807, 2.05) is 0 Å². The maximum absolute atomic E-state index is 13.5. The number of benzene rings is 1. The van der Waals surface area contributed by atoms with Crippen LogP contribution in [0.2, 0.25) is 0 Å². The molecular weight excluding hydrogens is 477 g/mol. The van der Waals surface area contributed by atoms with Crippen LogP contribution in [0.3, 0.4) is 0 Å². The topological polar surface area (TPSA) is 82.4 Å². The van der Waals surface area contributed by atoms with Crippen molar-refractivity contribution in [2.24, 2.45) is 0 Å². The van der Waals surface area contributed by atoms with Gasteiger partial charge >= 0.3 is 12.8 Å². The first-order valence-electron chi connectivity index (χ1n) is 10.6. The van der Waals surface area contributed by atoms with Crippen molar-refractivity contribution in [1.82, 2.24) is 24.6 Å². The Kier molecular flexibility index (Phi) is 5.66. The first kappa shape index (κ1) is 23.1. The van der Waals surface area contributed by atoms with Crippen LogP contribution >= 0.6 is 0 Å². The van der Waals surface area contributed by atoms with Gasteiger partial charge in [-0.15, -0.1) is 10.2 Å². The molecule has 2 aliphatic rings. The highest BCUT2D eigenvalue weighted by atomic mass is 19.4. The lowest BCUT2D eigenvalue weighted by Crippen LogP contribution is -2.56. The van der Waals surface area contributed by atoms with Crippen LogP contribution in [-0.4, -0.2) is 56.4 Å². The zero-order chi connectivity index (χ0) is 24.9. The van der Waals surface area contributed by atoms with Gasteiger partial charge in [-0.3, -0.25) is 9.78 Å². The summed E-state index contributed by atoms with van der Waals surface area (Å²) in [5, 5.41) is 8.32. The molecule has 1 aromatic carbocycles. The monoisotopic (exact) mass is 495 g/mol. The minimum Gasteiger partial charge on any atom is -0.435 e. The van der Waals surface area contributed by atoms with Crippen molar-refractivity contribution in [2.45, 2.75) is 38.3 Å². The van der Waals surface area contributed by atoms with Crippen molar-refractivity contribution in [1.29, 1.82) is 0 Å². The molecule has 1 amide bonds. The van der Waals surface area contributed by atoms with Crippen LogP contribution < -0.4 is 4.74 Å². The largest absolute Gasteiger partial charge is 0.435 e. The molecule has 8 nitrogen and oxygen atoms in total.